The molecule has 0 N–H and O–H groups in total. The Labute approximate surface area is 86.0 Å². The molecule has 78 valence electrons. The van der Waals surface area contributed by atoms with Gasteiger partial charge in [-0.1, -0.05) is 25.5 Å². The normalized spacial score (nSPS) is 22.5. The summed E-state index contributed by atoms with van der Waals surface area (Å²) in [4.78, 5) is 13.7. The summed E-state index contributed by atoms with van der Waals surface area (Å²) in [5, 5.41) is 0. The second kappa shape index (κ2) is 3.76. The van der Waals surface area contributed by atoms with Gasteiger partial charge in [-0.25, -0.2) is 0 Å². The van der Waals surface area contributed by atoms with Crippen molar-refractivity contribution in [1.82, 2.24) is 4.90 Å². The molecule has 1 aliphatic carbocycles. The fourth-order valence-electron chi connectivity index (χ4n) is 2.08. The minimum absolute atomic E-state index is 0.144. The van der Waals surface area contributed by atoms with E-state index in [1.807, 2.05) is 18.7 Å². The topological polar surface area (TPSA) is 20.3 Å². The Hall–Kier alpha value is -0.790. The van der Waals surface area contributed by atoms with Gasteiger partial charge in [0.05, 0.1) is 0 Å². The summed E-state index contributed by atoms with van der Waals surface area (Å²) < 4.78 is 0. The number of rotatable bonds is 2. The first-order chi connectivity index (χ1) is 6.68. The molecule has 0 bridgehead atoms. The summed E-state index contributed by atoms with van der Waals surface area (Å²) in [6.07, 6.45) is 6.15. The van der Waals surface area contributed by atoms with E-state index in [-0.39, 0.29) is 5.92 Å². The van der Waals surface area contributed by atoms with E-state index >= 15 is 0 Å². The van der Waals surface area contributed by atoms with Crippen molar-refractivity contribution in [1.29, 1.82) is 0 Å². The molecule has 0 spiro atoms. The number of amides is 1. The van der Waals surface area contributed by atoms with Gasteiger partial charge >= 0.3 is 0 Å². The van der Waals surface area contributed by atoms with E-state index in [2.05, 4.69) is 6.08 Å². The highest BCUT2D eigenvalue weighted by Gasteiger charge is 2.28. The fraction of sp³-hybridized carbons (Fsp3) is 0.750. The van der Waals surface area contributed by atoms with Crippen molar-refractivity contribution in [3.8, 4) is 0 Å². The Morgan fingerprint density at radius 1 is 1.50 bits per heavy atom. The van der Waals surface area contributed by atoms with Crippen molar-refractivity contribution >= 4 is 5.91 Å². The Morgan fingerprint density at radius 3 is 2.64 bits per heavy atom. The maximum atomic E-state index is 11.7. The van der Waals surface area contributed by atoms with E-state index in [4.69, 9.17) is 0 Å². The molecule has 14 heavy (non-hydrogen) atoms. The Morgan fingerprint density at radius 2 is 2.21 bits per heavy atom. The summed E-state index contributed by atoms with van der Waals surface area (Å²) in [5.74, 6) is 1.33. The van der Waals surface area contributed by atoms with Crippen LogP contribution in [0, 0.1) is 11.8 Å². The van der Waals surface area contributed by atoms with Gasteiger partial charge in [0.15, 0.2) is 0 Å². The maximum absolute atomic E-state index is 11.7. The van der Waals surface area contributed by atoms with Crippen molar-refractivity contribution in [2.45, 2.75) is 33.1 Å². The SMILES string of the molecule is CC(C)C(=O)N1CC=C(C2CC2)CC1. The maximum Gasteiger partial charge on any atom is 0.225 e. The van der Waals surface area contributed by atoms with Crippen LogP contribution in [-0.4, -0.2) is 23.9 Å². The first-order valence-corrected chi connectivity index (χ1v) is 5.66. The Kier molecular flexibility index (Phi) is 2.62. The highest BCUT2D eigenvalue weighted by atomic mass is 16.2. The lowest BCUT2D eigenvalue weighted by Crippen LogP contribution is -2.37. The largest absolute Gasteiger partial charge is 0.338 e. The van der Waals surface area contributed by atoms with Gasteiger partial charge in [0.2, 0.25) is 5.91 Å². The van der Waals surface area contributed by atoms with Crippen LogP contribution in [0.5, 0.6) is 0 Å². The number of hydrogen-bond acceptors (Lipinski definition) is 1. The van der Waals surface area contributed by atoms with Crippen molar-refractivity contribution < 1.29 is 4.79 Å². The average Bonchev–Trinajstić information content (AvgIpc) is 3.00. The summed E-state index contributed by atoms with van der Waals surface area (Å²) >= 11 is 0. The van der Waals surface area contributed by atoms with Crippen LogP contribution in [0.1, 0.15) is 33.1 Å². The number of nitrogens with zero attached hydrogens (tertiary/aromatic N) is 1. The number of hydrogen-bond donors (Lipinski definition) is 0. The first-order valence-electron chi connectivity index (χ1n) is 5.66. The predicted octanol–water partition coefficient (Wildman–Crippen LogP) is 2.21. The smallest absolute Gasteiger partial charge is 0.225 e. The molecule has 2 nitrogen and oxygen atoms in total. The van der Waals surface area contributed by atoms with Crippen molar-refractivity contribution in [3.05, 3.63) is 11.6 Å². The van der Waals surface area contributed by atoms with Gasteiger partial charge in [0.25, 0.3) is 0 Å². The van der Waals surface area contributed by atoms with Crippen LogP contribution in [0.25, 0.3) is 0 Å². The summed E-state index contributed by atoms with van der Waals surface area (Å²) in [5.41, 5.74) is 1.61. The van der Waals surface area contributed by atoms with Gasteiger partial charge in [0.1, 0.15) is 0 Å². The lowest BCUT2D eigenvalue weighted by atomic mass is 10.0. The molecular formula is C12H19NO. The highest BCUT2D eigenvalue weighted by molar-refractivity contribution is 5.78. The molecule has 2 aliphatic rings. The number of carbonyl (C=O) groups is 1. The van der Waals surface area contributed by atoms with Gasteiger partial charge in [-0.3, -0.25) is 4.79 Å². The third kappa shape index (κ3) is 1.99. The standard InChI is InChI=1S/C12H19NO/c1-9(2)12(14)13-7-5-11(6-8-13)10-3-4-10/h5,9-10H,3-4,6-8H2,1-2H3. The molecule has 0 unspecified atom stereocenters. The average molecular weight is 193 g/mol. The zero-order valence-electron chi connectivity index (χ0n) is 9.12. The molecule has 1 saturated carbocycles. The highest BCUT2D eigenvalue weighted by Crippen LogP contribution is 2.39. The molecule has 1 heterocycles. The molecule has 1 aliphatic heterocycles. The van der Waals surface area contributed by atoms with Crippen LogP contribution >= 0.6 is 0 Å². The van der Waals surface area contributed by atoms with Crippen molar-refractivity contribution in [3.63, 3.8) is 0 Å². The quantitative estimate of drug-likeness (QED) is 0.616. The predicted molar refractivity (Wildman–Crippen MR) is 56.8 cm³/mol. The zero-order chi connectivity index (χ0) is 10.1. The monoisotopic (exact) mass is 193 g/mol. The first kappa shape index (κ1) is 9.75. The van der Waals surface area contributed by atoms with Crippen LogP contribution in [0.2, 0.25) is 0 Å². The van der Waals surface area contributed by atoms with E-state index in [1.54, 1.807) is 5.57 Å². The van der Waals surface area contributed by atoms with Crippen LogP contribution in [0.4, 0.5) is 0 Å². The molecule has 0 radical (unpaired) electrons. The molecule has 0 aromatic carbocycles. The summed E-state index contributed by atoms with van der Waals surface area (Å²) in [7, 11) is 0. The van der Waals surface area contributed by atoms with Gasteiger partial charge < -0.3 is 4.90 Å². The third-order valence-corrected chi connectivity index (χ3v) is 3.15. The molecule has 0 saturated heterocycles. The van der Waals surface area contributed by atoms with E-state index in [0.717, 1.165) is 25.4 Å². The number of carbonyl (C=O) groups excluding carboxylic acids is 1. The molecule has 0 atom stereocenters. The van der Waals surface area contributed by atoms with E-state index < -0.39 is 0 Å². The van der Waals surface area contributed by atoms with Crippen LogP contribution in [0.15, 0.2) is 11.6 Å². The van der Waals surface area contributed by atoms with Crippen LogP contribution < -0.4 is 0 Å². The minimum atomic E-state index is 0.144. The van der Waals surface area contributed by atoms with Crippen LogP contribution in [0.3, 0.4) is 0 Å². The second-order valence-corrected chi connectivity index (χ2v) is 4.74. The van der Waals surface area contributed by atoms with Gasteiger partial charge in [-0.2, -0.15) is 0 Å². The molecule has 1 amide bonds. The molecule has 2 heteroatoms. The van der Waals surface area contributed by atoms with Gasteiger partial charge in [-0.15, -0.1) is 0 Å². The van der Waals surface area contributed by atoms with Crippen molar-refractivity contribution in [2.75, 3.05) is 13.1 Å². The minimum Gasteiger partial charge on any atom is -0.338 e. The van der Waals surface area contributed by atoms with Gasteiger partial charge in [0, 0.05) is 19.0 Å². The zero-order valence-corrected chi connectivity index (χ0v) is 9.12. The van der Waals surface area contributed by atoms with Gasteiger partial charge in [-0.05, 0) is 25.2 Å². The molecule has 2 rings (SSSR count). The van der Waals surface area contributed by atoms with Crippen molar-refractivity contribution in [2.24, 2.45) is 11.8 Å². The van der Waals surface area contributed by atoms with E-state index in [9.17, 15) is 4.79 Å². The lowest BCUT2D eigenvalue weighted by Gasteiger charge is -2.28. The van der Waals surface area contributed by atoms with E-state index in [1.165, 1.54) is 12.8 Å². The van der Waals surface area contributed by atoms with E-state index in [0.29, 0.717) is 5.91 Å². The second-order valence-electron chi connectivity index (χ2n) is 4.74. The lowest BCUT2D eigenvalue weighted by molar-refractivity contribution is -0.134. The fourth-order valence-corrected chi connectivity index (χ4v) is 2.08. The Bertz CT molecular complexity index is 263. The van der Waals surface area contributed by atoms with Crippen LogP contribution in [-0.2, 0) is 4.79 Å². The molecule has 0 aromatic heterocycles. The molecule has 0 aromatic rings. The summed E-state index contributed by atoms with van der Waals surface area (Å²) in [6.45, 7) is 5.74. The third-order valence-electron chi connectivity index (χ3n) is 3.15. The molecule has 1 fully saturated rings. The Balaban J connectivity index is 1.91. The molecular weight excluding hydrogens is 174 g/mol. The summed E-state index contributed by atoms with van der Waals surface area (Å²) in [6, 6.07) is 0.